The van der Waals surface area contributed by atoms with Crippen molar-refractivity contribution < 1.29 is 18.0 Å². The number of hydrogen-bond acceptors (Lipinski definition) is 2. The van der Waals surface area contributed by atoms with Crippen LogP contribution in [0.4, 0.5) is 13.2 Å². The molecule has 0 spiro atoms. The highest BCUT2D eigenvalue weighted by molar-refractivity contribution is 5.96. The Bertz CT molecular complexity index is 829. The van der Waals surface area contributed by atoms with Crippen LogP contribution in [-0.4, -0.2) is 26.6 Å². The fraction of sp³-hybridized carbons (Fsp3) is 0.444. The number of halogens is 3. The highest BCUT2D eigenvalue weighted by Gasteiger charge is 2.43. The summed E-state index contributed by atoms with van der Waals surface area (Å²) in [6, 6.07) is 7.61. The van der Waals surface area contributed by atoms with Gasteiger partial charge in [-0.1, -0.05) is 24.3 Å². The van der Waals surface area contributed by atoms with E-state index in [4.69, 9.17) is 0 Å². The van der Waals surface area contributed by atoms with Crippen LogP contribution in [0.3, 0.4) is 0 Å². The lowest BCUT2D eigenvalue weighted by atomic mass is 10.1. The first-order valence-electron chi connectivity index (χ1n) is 8.40. The van der Waals surface area contributed by atoms with Gasteiger partial charge in [0.25, 0.3) is 12.3 Å². The van der Waals surface area contributed by atoms with Gasteiger partial charge in [-0.05, 0) is 36.8 Å². The summed E-state index contributed by atoms with van der Waals surface area (Å²) in [5.74, 6) is -1.68. The number of aryl methyl sites for hydroxylation is 2. The number of carbonyl (C=O) groups is 1. The van der Waals surface area contributed by atoms with Gasteiger partial charge in [0.05, 0.1) is 6.04 Å². The van der Waals surface area contributed by atoms with Crippen LogP contribution in [0.15, 0.2) is 24.3 Å². The van der Waals surface area contributed by atoms with Gasteiger partial charge in [-0.15, -0.1) is 0 Å². The summed E-state index contributed by atoms with van der Waals surface area (Å²) in [6.45, 7) is 0. The second-order valence-electron chi connectivity index (χ2n) is 6.67. The first-order chi connectivity index (χ1) is 12.0. The van der Waals surface area contributed by atoms with Gasteiger partial charge in [0.2, 0.25) is 5.95 Å². The third kappa shape index (κ3) is 2.62. The predicted octanol–water partition coefficient (Wildman–Crippen LogP) is 3.79. The SMILES string of the molecule is Cn1nc(C(F)F)c(C(=O)N(C2CC2)C2CCc3ccccc32)c1F. The molecule has 1 atom stereocenters. The molecule has 4 nitrogen and oxygen atoms in total. The van der Waals surface area contributed by atoms with Gasteiger partial charge in [0, 0.05) is 13.1 Å². The minimum Gasteiger partial charge on any atom is -0.328 e. The van der Waals surface area contributed by atoms with Gasteiger partial charge >= 0.3 is 0 Å². The Morgan fingerprint density at radius 1 is 1.28 bits per heavy atom. The Morgan fingerprint density at radius 2 is 2.00 bits per heavy atom. The zero-order chi connectivity index (χ0) is 17.7. The van der Waals surface area contributed by atoms with Crippen LogP contribution < -0.4 is 0 Å². The summed E-state index contributed by atoms with van der Waals surface area (Å²) in [4.78, 5) is 14.7. The highest BCUT2D eigenvalue weighted by Crippen LogP contribution is 2.43. The molecule has 0 aliphatic heterocycles. The smallest absolute Gasteiger partial charge is 0.283 e. The summed E-state index contributed by atoms with van der Waals surface area (Å²) in [7, 11) is 1.23. The molecule has 4 rings (SSSR count). The van der Waals surface area contributed by atoms with E-state index in [2.05, 4.69) is 5.10 Å². The number of benzene rings is 1. The van der Waals surface area contributed by atoms with Gasteiger partial charge in [-0.3, -0.25) is 4.79 Å². The standard InChI is InChI=1S/C18H18F3N3O/c1-23-17(21)14(15(22-23)16(19)20)18(25)24(11-7-8-11)13-9-6-10-4-2-3-5-12(10)13/h2-5,11,13,16H,6-9H2,1H3. The van der Waals surface area contributed by atoms with Crippen LogP contribution in [-0.2, 0) is 13.5 Å². The van der Waals surface area contributed by atoms with Gasteiger partial charge in [0.15, 0.2) is 0 Å². The maximum absolute atomic E-state index is 14.4. The number of nitrogens with zero attached hydrogens (tertiary/aromatic N) is 3. The number of carbonyl (C=O) groups excluding carboxylic acids is 1. The molecule has 0 radical (unpaired) electrons. The van der Waals surface area contributed by atoms with Crippen LogP contribution in [0.5, 0.6) is 0 Å². The monoisotopic (exact) mass is 349 g/mol. The Hall–Kier alpha value is -2.31. The van der Waals surface area contributed by atoms with Crippen LogP contribution >= 0.6 is 0 Å². The average molecular weight is 349 g/mol. The lowest BCUT2D eigenvalue weighted by Gasteiger charge is -2.30. The molecule has 132 valence electrons. The molecule has 1 heterocycles. The minimum atomic E-state index is -2.99. The zero-order valence-corrected chi connectivity index (χ0v) is 13.8. The lowest BCUT2D eigenvalue weighted by molar-refractivity contribution is 0.0641. The van der Waals surface area contributed by atoms with E-state index in [-0.39, 0.29) is 12.1 Å². The summed E-state index contributed by atoms with van der Waals surface area (Å²) in [5, 5.41) is 3.51. The van der Waals surface area contributed by atoms with Crippen molar-refractivity contribution in [1.29, 1.82) is 0 Å². The van der Waals surface area contributed by atoms with Crippen molar-refractivity contribution in [3.05, 3.63) is 52.6 Å². The fourth-order valence-corrected chi connectivity index (χ4v) is 3.74. The summed E-state index contributed by atoms with van der Waals surface area (Å²) < 4.78 is 41.6. The van der Waals surface area contributed by atoms with E-state index in [0.717, 1.165) is 36.8 Å². The number of alkyl halides is 2. The Balaban J connectivity index is 1.75. The van der Waals surface area contributed by atoms with Crippen molar-refractivity contribution >= 4 is 5.91 Å². The maximum atomic E-state index is 14.4. The van der Waals surface area contributed by atoms with Crippen LogP contribution in [0.25, 0.3) is 0 Å². The van der Waals surface area contributed by atoms with E-state index in [1.807, 2.05) is 24.3 Å². The van der Waals surface area contributed by atoms with E-state index in [0.29, 0.717) is 4.68 Å². The molecule has 1 aromatic heterocycles. The predicted molar refractivity (Wildman–Crippen MR) is 84.8 cm³/mol. The topological polar surface area (TPSA) is 38.1 Å². The van der Waals surface area contributed by atoms with Crippen LogP contribution in [0.2, 0.25) is 0 Å². The van der Waals surface area contributed by atoms with Crippen molar-refractivity contribution in [2.45, 2.75) is 44.2 Å². The average Bonchev–Trinajstić information content (AvgIpc) is 3.26. The summed E-state index contributed by atoms with van der Waals surface area (Å²) in [5.41, 5.74) is 0.827. The van der Waals surface area contributed by atoms with Gasteiger partial charge < -0.3 is 4.90 Å². The van der Waals surface area contributed by atoms with E-state index in [9.17, 15) is 18.0 Å². The van der Waals surface area contributed by atoms with E-state index < -0.39 is 29.5 Å². The van der Waals surface area contributed by atoms with Crippen molar-refractivity contribution in [1.82, 2.24) is 14.7 Å². The normalized spacial score (nSPS) is 19.3. The molecule has 2 aliphatic rings. The van der Waals surface area contributed by atoms with E-state index in [1.54, 1.807) is 4.90 Å². The largest absolute Gasteiger partial charge is 0.328 e. The van der Waals surface area contributed by atoms with E-state index in [1.165, 1.54) is 7.05 Å². The number of fused-ring (bicyclic) bond motifs is 1. The lowest BCUT2D eigenvalue weighted by Crippen LogP contribution is -2.36. The summed E-state index contributed by atoms with van der Waals surface area (Å²) in [6.07, 6.45) is 0.195. The molecule has 1 fully saturated rings. The first kappa shape index (κ1) is 16.2. The summed E-state index contributed by atoms with van der Waals surface area (Å²) >= 11 is 0. The number of hydrogen-bond donors (Lipinski definition) is 0. The molecule has 0 bridgehead atoms. The second-order valence-corrected chi connectivity index (χ2v) is 6.67. The van der Waals surface area contributed by atoms with Crippen molar-refractivity contribution in [3.8, 4) is 0 Å². The molecule has 1 aromatic carbocycles. The molecule has 1 saturated carbocycles. The second kappa shape index (κ2) is 5.89. The van der Waals surface area contributed by atoms with Crippen molar-refractivity contribution in [3.63, 3.8) is 0 Å². The number of rotatable bonds is 4. The fourth-order valence-electron chi connectivity index (χ4n) is 3.74. The zero-order valence-electron chi connectivity index (χ0n) is 13.8. The third-order valence-corrected chi connectivity index (χ3v) is 5.04. The maximum Gasteiger partial charge on any atom is 0.283 e. The van der Waals surface area contributed by atoms with Crippen molar-refractivity contribution in [2.75, 3.05) is 0 Å². The third-order valence-electron chi connectivity index (χ3n) is 5.04. The van der Waals surface area contributed by atoms with Crippen LogP contribution in [0.1, 0.15) is 58.9 Å². The molecular weight excluding hydrogens is 331 g/mol. The Kier molecular flexibility index (Phi) is 3.81. The highest BCUT2D eigenvalue weighted by atomic mass is 19.3. The molecule has 1 unspecified atom stereocenters. The van der Waals surface area contributed by atoms with Crippen LogP contribution in [0, 0.1) is 5.95 Å². The molecule has 1 amide bonds. The Morgan fingerprint density at radius 3 is 2.68 bits per heavy atom. The van der Waals surface area contributed by atoms with Gasteiger partial charge in [0.1, 0.15) is 11.3 Å². The Labute approximate surface area is 143 Å². The van der Waals surface area contributed by atoms with Crippen molar-refractivity contribution in [2.24, 2.45) is 7.05 Å². The van der Waals surface area contributed by atoms with E-state index >= 15 is 0 Å². The number of amides is 1. The molecule has 7 heteroatoms. The quantitative estimate of drug-likeness (QED) is 0.842. The number of aromatic nitrogens is 2. The molecule has 2 aliphatic carbocycles. The molecular formula is C18H18F3N3O. The molecule has 0 N–H and O–H groups in total. The minimum absolute atomic E-state index is 0.0196. The van der Waals surface area contributed by atoms with Gasteiger partial charge in [-0.25, -0.2) is 13.5 Å². The first-order valence-corrected chi connectivity index (χ1v) is 8.40. The molecule has 2 aromatic rings. The van der Waals surface area contributed by atoms with Gasteiger partial charge in [-0.2, -0.15) is 9.49 Å². The molecule has 25 heavy (non-hydrogen) atoms. The molecule has 0 saturated heterocycles.